The minimum Gasteiger partial charge on any atom is -0.469 e. The SMILES string of the molecule is CC(Cc1ccco1)NC(C)c1cccnc1. The van der Waals surface area contributed by atoms with Crippen molar-refractivity contribution in [3.63, 3.8) is 0 Å². The zero-order valence-corrected chi connectivity index (χ0v) is 10.3. The Hall–Kier alpha value is -1.61. The summed E-state index contributed by atoms with van der Waals surface area (Å²) in [5.41, 5.74) is 1.21. The largest absolute Gasteiger partial charge is 0.469 e. The van der Waals surface area contributed by atoms with Gasteiger partial charge in [0.2, 0.25) is 0 Å². The summed E-state index contributed by atoms with van der Waals surface area (Å²) in [6, 6.07) is 8.65. The van der Waals surface area contributed by atoms with Crippen LogP contribution in [-0.2, 0) is 6.42 Å². The highest BCUT2D eigenvalue weighted by atomic mass is 16.3. The van der Waals surface area contributed by atoms with Crippen molar-refractivity contribution in [3.8, 4) is 0 Å². The predicted molar refractivity (Wildman–Crippen MR) is 67.7 cm³/mol. The molecule has 0 aliphatic carbocycles. The second-order valence-corrected chi connectivity index (χ2v) is 4.36. The molecule has 2 aromatic rings. The van der Waals surface area contributed by atoms with Crippen LogP contribution in [0.5, 0.6) is 0 Å². The van der Waals surface area contributed by atoms with Gasteiger partial charge in [-0.1, -0.05) is 6.07 Å². The van der Waals surface area contributed by atoms with Crippen molar-refractivity contribution in [1.29, 1.82) is 0 Å². The lowest BCUT2D eigenvalue weighted by atomic mass is 10.1. The maximum atomic E-state index is 5.34. The lowest BCUT2D eigenvalue weighted by Gasteiger charge is -2.19. The van der Waals surface area contributed by atoms with E-state index in [1.165, 1.54) is 5.56 Å². The first-order valence-electron chi connectivity index (χ1n) is 5.94. The molecule has 0 aliphatic rings. The van der Waals surface area contributed by atoms with Crippen LogP contribution in [-0.4, -0.2) is 11.0 Å². The molecule has 0 aliphatic heterocycles. The van der Waals surface area contributed by atoms with Crippen molar-refractivity contribution < 1.29 is 4.42 Å². The van der Waals surface area contributed by atoms with Gasteiger partial charge in [0.15, 0.2) is 0 Å². The first-order valence-corrected chi connectivity index (χ1v) is 5.94. The van der Waals surface area contributed by atoms with E-state index in [0.717, 1.165) is 12.2 Å². The molecule has 3 nitrogen and oxygen atoms in total. The normalized spacial score (nSPS) is 14.5. The van der Waals surface area contributed by atoms with Crippen molar-refractivity contribution in [3.05, 3.63) is 54.2 Å². The van der Waals surface area contributed by atoms with E-state index in [-0.39, 0.29) is 0 Å². The van der Waals surface area contributed by atoms with Crippen LogP contribution in [0.4, 0.5) is 0 Å². The summed E-state index contributed by atoms with van der Waals surface area (Å²) in [7, 11) is 0. The van der Waals surface area contributed by atoms with E-state index in [2.05, 4.69) is 30.2 Å². The zero-order chi connectivity index (χ0) is 12.1. The highest BCUT2D eigenvalue weighted by molar-refractivity contribution is 5.13. The third-order valence-corrected chi connectivity index (χ3v) is 2.81. The maximum Gasteiger partial charge on any atom is 0.105 e. The highest BCUT2D eigenvalue weighted by Crippen LogP contribution is 2.12. The van der Waals surface area contributed by atoms with Gasteiger partial charge in [0.05, 0.1) is 6.26 Å². The first-order chi connectivity index (χ1) is 8.25. The average molecular weight is 230 g/mol. The number of hydrogen-bond acceptors (Lipinski definition) is 3. The predicted octanol–water partition coefficient (Wildman–Crippen LogP) is 2.96. The summed E-state index contributed by atoms with van der Waals surface area (Å²) < 4.78 is 5.34. The molecule has 0 spiro atoms. The molecule has 2 unspecified atom stereocenters. The fraction of sp³-hybridized carbons (Fsp3) is 0.357. The molecule has 17 heavy (non-hydrogen) atoms. The monoisotopic (exact) mass is 230 g/mol. The number of pyridine rings is 1. The van der Waals surface area contributed by atoms with Crippen LogP contribution in [0.15, 0.2) is 47.3 Å². The third kappa shape index (κ3) is 3.43. The second kappa shape index (κ2) is 5.64. The van der Waals surface area contributed by atoms with Crippen LogP contribution in [0.3, 0.4) is 0 Å². The van der Waals surface area contributed by atoms with Gasteiger partial charge < -0.3 is 9.73 Å². The van der Waals surface area contributed by atoms with Crippen molar-refractivity contribution in [1.82, 2.24) is 10.3 Å². The van der Waals surface area contributed by atoms with Crippen molar-refractivity contribution >= 4 is 0 Å². The number of aromatic nitrogens is 1. The summed E-state index contributed by atoms with van der Waals surface area (Å²) in [6.45, 7) is 4.31. The van der Waals surface area contributed by atoms with Gasteiger partial charge in [0, 0.05) is 30.9 Å². The maximum absolute atomic E-state index is 5.34. The zero-order valence-electron chi connectivity index (χ0n) is 10.3. The Morgan fingerprint density at radius 2 is 2.18 bits per heavy atom. The Morgan fingerprint density at radius 1 is 1.29 bits per heavy atom. The van der Waals surface area contributed by atoms with Gasteiger partial charge in [-0.25, -0.2) is 0 Å². The smallest absolute Gasteiger partial charge is 0.105 e. The molecule has 1 N–H and O–H groups in total. The van der Waals surface area contributed by atoms with Crippen LogP contribution in [0.25, 0.3) is 0 Å². The molecule has 0 aromatic carbocycles. The number of nitrogens with one attached hydrogen (secondary N) is 1. The van der Waals surface area contributed by atoms with Crippen LogP contribution >= 0.6 is 0 Å². The molecule has 90 valence electrons. The van der Waals surface area contributed by atoms with Gasteiger partial charge in [-0.2, -0.15) is 0 Å². The molecule has 0 amide bonds. The second-order valence-electron chi connectivity index (χ2n) is 4.36. The fourth-order valence-electron chi connectivity index (χ4n) is 1.94. The summed E-state index contributed by atoms with van der Waals surface area (Å²) in [5.74, 6) is 1.02. The highest BCUT2D eigenvalue weighted by Gasteiger charge is 2.10. The molecule has 0 radical (unpaired) electrons. The summed E-state index contributed by atoms with van der Waals surface area (Å²) in [5, 5.41) is 3.53. The van der Waals surface area contributed by atoms with Crippen LogP contribution in [0.1, 0.15) is 31.2 Å². The van der Waals surface area contributed by atoms with E-state index in [1.54, 1.807) is 12.5 Å². The van der Waals surface area contributed by atoms with Gasteiger partial charge in [-0.15, -0.1) is 0 Å². The molecule has 0 bridgehead atoms. The van der Waals surface area contributed by atoms with Crippen LogP contribution in [0, 0.1) is 0 Å². The molecule has 3 heteroatoms. The van der Waals surface area contributed by atoms with Crippen molar-refractivity contribution in [2.75, 3.05) is 0 Å². The van der Waals surface area contributed by atoms with Gasteiger partial charge in [0.25, 0.3) is 0 Å². The van der Waals surface area contributed by atoms with E-state index in [1.807, 2.05) is 24.4 Å². The summed E-state index contributed by atoms with van der Waals surface area (Å²) >= 11 is 0. The van der Waals surface area contributed by atoms with E-state index in [9.17, 15) is 0 Å². The van der Waals surface area contributed by atoms with Gasteiger partial charge in [0.1, 0.15) is 5.76 Å². The average Bonchev–Trinajstić information content (AvgIpc) is 2.82. The molecule has 2 aromatic heterocycles. The Labute approximate surface area is 102 Å². The fourth-order valence-corrected chi connectivity index (χ4v) is 1.94. The number of hydrogen-bond donors (Lipinski definition) is 1. The van der Waals surface area contributed by atoms with Crippen LogP contribution in [0.2, 0.25) is 0 Å². The quantitative estimate of drug-likeness (QED) is 0.858. The molecular formula is C14H18N2O. The van der Waals surface area contributed by atoms with Gasteiger partial charge in [-0.3, -0.25) is 4.98 Å². The number of nitrogens with zero attached hydrogens (tertiary/aromatic N) is 1. The van der Waals surface area contributed by atoms with Crippen molar-refractivity contribution in [2.24, 2.45) is 0 Å². The Balaban J connectivity index is 1.88. The molecule has 0 saturated carbocycles. The molecule has 0 fully saturated rings. The van der Waals surface area contributed by atoms with E-state index < -0.39 is 0 Å². The Bertz CT molecular complexity index is 425. The lowest BCUT2D eigenvalue weighted by molar-refractivity contribution is 0.428. The topological polar surface area (TPSA) is 38.1 Å². The van der Waals surface area contributed by atoms with Gasteiger partial charge >= 0.3 is 0 Å². The number of furan rings is 1. The molecule has 2 heterocycles. The Morgan fingerprint density at radius 3 is 2.82 bits per heavy atom. The minimum atomic E-state index is 0.300. The van der Waals surface area contributed by atoms with E-state index in [4.69, 9.17) is 4.42 Å². The molecular weight excluding hydrogens is 212 g/mol. The molecule has 2 atom stereocenters. The summed E-state index contributed by atoms with van der Waals surface area (Å²) in [4.78, 5) is 4.13. The van der Waals surface area contributed by atoms with E-state index in [0.29, 0.717) is 12.1 Å². The third-order valence-electron chi connectivity index (χ3n) is 2.81. The lowest BCUT2D eigenvalue weighted by Crippen LogP contribution is -2.30. The standard InChI is InChI=1S/C14H18N2O/c1-11(9-14-6-4-8-17-14)16-12(2)13-5-3-7-15-10-13/h3-8,10-12,16H,9H2,1-2H3. The minimum absolute atomic E-state index is 0.300. The first kappa shape index (κ1) is 11.9. The Kier molecular flexibility index (Phi) is 3.94. The van der Waals surface area contributed by atoms with Crippen LogP contribution < -0.4 is 5.32 Å². The van der Waals surface area contributed by atoms with E-state index >= 15 is 0 Å². The van der Waals surface area contributed by atoms with Crippen molar-refractivity contribution in [2.45, 2.75) is 32.4 Å². The molecule has 2 rings (SSSR count). The summed E-state index contributed by atoms with van der Waals surface area (Å²) in [6.07, 6.45) is 6.31. The number of rotatable bonds is 5. The molecule has 0 saturated heterocycles. The van der Waals surface area contributed by atoms with Gasteiger partial charge in [-0.05, 0) is 37.6 Å².